The van der Waals surface area contributed by atoms with E-state index in [1.54, 1.807) is 0 Å². The summed E-state index contributed by atoms with van der Waals surface area (Å²) in [5.41, 5.74) is 1.12. The van der Waals surface area contributed by atoms with Crippen LogP contribution in [0.3, 0.4) is 0 Å². The average Bonchev–Trinajstić information content (AvgIpc) is 2.77. The fraction of sp³-hybridized carbons (Fsp3) is 0.682. The van der Waals surface area contributed by atoms with Crippen molar-refractivity contribution in [2.45, 2.75) is 34.2 Å². The van der Waals surface area contributed by atoms with Crippen molar-refractivity contribution in [3.05, 3.63) is 23.9 Å². The van der Waals surface area contributed by atoms with Crippen LogP contribution < -0.4 is 10.2 Å². The van der Waals surface area contributed by atoms with Crippen LogP contribution in [0.5, 0.6) is 0 Å². The van der Waals surface area contributed by atoms with Crippen LogP contribution in [-0.2, 0) is 11.3 Å². The van der Waals surface area contributed by atoms with Gasteiger partial charge < -0.3 is 24.9 Å². The van der Waals surface area contributed by atoms with E-state index in [0.29, 0.717) is 13.1 Å². The first-order valence-electron chi connectivity index (χ1n) is 11.2. The van der Waals surface area contributed by atoms with Gasteiger partial charge in [-0.25, -0.2) is 9.98 Å². The summed E-state index contributed by atoms with van der Waals surface area (Å²) in [5.74, 6) is 1.88. The molecule has 1 aliphatic rings. The van der Waals surface area contributed by atoms with Gasteiger partial charge in [-0.15, -0.1) is 24.0 Å². The molecular weight excluding hydrogens is 505 g/mol. The van der Waals surface area contributed by atoms with Crippen molar-refractivity contribution in [3.8, 4) is 0 Å². The zero-order valence-electron chi connectivity index (χ0n) is 19.8. The lowest BCUT2D eigenvalue weighted by Crippen LogP contribution is -2.46. The van der Waals surface area contributed by atoms with E-state index in [-0.39, 0.29) is 29.9 Å². The maximum Gasteiger partial charge on any atom is 0.242 e. The van der Waals surface area contributed by atoms with Crippen LogP contribution in [-0.4, -0.2) is 97.5 Å². The molecule has 2 heterocycles. The van der Waals surface area contributed by atoms with Crippen molar-refractivity contribution in [3.63, 3.8) is 0 Å². The number of hydrogen-bond acceptors (Lipinski definition) is 5. The van der Waals surface area contributed by atoms with E-state index in [1.807, 2.05) is 49.9 Å². The normalized spacial score (nSPS) is 14.7. The van der Waals surface area contributed by atoms with Crippen LogP contribution in [0.15, 0.2) is 23.3 Å². The quantitative estimate of drug-likeness (QED) is 0.292. The Labute approximate surface area is 205 Å². The molecule has 0 aromatic carbocycles. The number of piperazine rings is 1. The molecule has 1 aliphatic heterocycles. The van der Waals surface area contributed by atoms with Gasteiger partial charge in [0.05, 0.1) is 13.1 Å². The number of aliphatic imine (C=N–C) groups is 1. The molecule has 0 atom stereocenters. The van der Waals surface area contributed by atoms with Gasteiger partial charge in [0, 0.05) is 59.1 Å². The third kappa shape index (κ3) is 8.44. The van der Waals surface area contributed by atoms with E-state index >= 15 is 0 Å². The van der Waals surface area contributed by atoms with Crippen molar-refractivity contribution in [2.24, 2.45) is 4.99 Å². The van der Waals surface area contributed by atoms with Gasteiger partial charge in [-0.05, 0) is 45.0 Å². The second-order valence-electron chi connectivity index (χ2n) is 7.54. The van der Waals surface area contributed by atoms with Gasteiger partial charge in [-0.2, -0.15) is 0 Å². The fourth-order valence-electron chi connectivity index (χ4n) is 3.62. The number of hydrogen-bond donors (Lipinski definition) is 1. The molecule has 1 fully saturated rings. The molecule has 176 valence electrons. The topological polar surface area (TPSA) is 67.3 Å². The number of halogens is 1. The first-order chi connectivity index (χ1) is 14.5. The van der Waals surface area contributed by atoms with Crippen molar-refractivity contribution in [1.82, 2.24) is 25.0 Å². The SMILES string of the molecule is CCNC(=NCc1ccnc(N2CCN(CC)CC2)c1)N(C)CC(=O)N(CC)CC.I. The van der Waals surface area contributed by atoms with E-state index in [4.69, 9.17) is 4.99 Å². The number of carbonyl (C=O) groups is 1. The standard InChI is InChI=1S/C22H39N7O.HI/c1-6-23-22(26(5)18-21(30)28(8-3)9-4)25-17-19-10-11-24-20(16-19)29-14-12-27(7-2)13-15-29;/h10-11,16H,6-9,12-15,17-18H2,1-5H3,(H,23,25);1H. The minimum atomic E-state index is 0. The number of likely N-dealkylation sites (N-methyl/N-ethyl adjacent to an activating group) is 3. The predicted octanol–water partition coefficient (Wildman–Crippen LogP) is 2.11. The Morgan fingerprint density at radius 1 is 1.16 bits per heavy atom. The summed E-state index contributed by atoms with van der Waals surface area (Å²) in [6.45, 7) is 16.6. The zero-order valence-corrected chi connectivity index (χ0v) is 22.1. The van der Waals surface area contributed by atoms with Gasteiger partial charge in [-0.1, -0.05) is 6.92 Å². The van der Waals surface area contributed by atoms with Gasteiger partial charge in [0.1, 0.15) is 5.82 Å². The molecule has 1 amide bonds. The van der Waals surface area contributed by atoms with Gasteiger partial charge in [0.2, 0.25) is 5.91 Å². The lowest BCUT2D eigenvalue weighted by molar-refractivity contribution is -0.131. The minimum absolute atomic E-state index is 0. The third-order valence-corrected chi connectivity index (χ3v) is 5.55. The van der Waals surface area contributed by atoms with Crippen LogP contribution in [0.4, 0.5) is 5.82 Å². The van der Waals surface area contributed by atoms with E-state index in [0.717, 1.165) is 69.7 Å². The molecule has 1 aromatic rings. The van der Waals surface area contributed by atoms with Crippen LogP contribution in [0, 0.1) is 0 Å². The first kappa shape index (κ1) is 27.4. The number of guanidine groups is 1. The molecule has 0 aliphatic carbocycles. The summed E-state index contributed by atoms with van der Waals surface area (Å²) in [6, 6.07) is 4.15. The Bertz CT molecular complexity index is 688. The highest BCUT2D eigenvalue weighted by molar-refractivity contribution is 14.0. The number of rotatable bonds is 9. The average molecular weight is 546 g/mol. The number of nitrogens with one attached hydrogen (secondary N) is 1. The molecule has 0 saturated carbocycles. The summed E-state index contributed by atoms with van der Waals surface area (Å²) < 4.78 is 0. The summed E-state index contributed by atoms with van der Waals surface area (Å²) in [4.78, 5) is 30.3. The molecule has 31 heavy (non-hydrogen) atoms. The van der Waals surface area contributed by atoms with Crippen molar-refractivity contribution in [1.29, 1.82) is 0 Å². The van der Waals surface area contributed by atoms with Gasteiger partial charge >= 0.3 is 0 Å². The summed E-state index contributed by atoms with van der Waals surface area (Å²) in [6.07, 6.45) is 1.87. The first-order valence-corrected chi connectivity index (χ1v) is 11.2. The van der Waals surface area contributed by atoms with Crippen LogP contribution in [0.1, 0.15) is 33.3 Å². The Balaban J connectivity index is 0.00000480. The zero-order chi connectivity index (χ0) is 21.9. The molecule has 9 heteroatoms. The number of nitrogens with zero attached hydrogens (tertiary/aromatic N) is 6. The van der Waals surface area contributed by atoms with E-state index < -0.39 is 0 Å². The van der Waals surface area contributed by atoms with Crippen molar-refractivity contribution >= 4 is 41.7 Å². The Hall–Kier alpha value is -1.62. The predicted molar refractivity (Wildman–Crippen MR) is 139 cm³/mol. The number of amides is 1. The highest BCUT2D eigenvalue weighted by Gasteiger charge is 2.17. The smallest absolute Gasteiger partial charge is 0.242 e. The lowest BCUT2D eigenvalue weighted by atomic mass is 10.2. The van der Waals surface area contributed by atoms with Gasteiger partial charge in [0.25, 0.3) is 0 Å². The minimum Gasteiger partial charge on any atom is -0.357 e. The monoisotopic (exact) mass is 545 g/mol. The van der Waals surface area contributed by atoms with Crippen molar-refractivity contribution in [2.75, 3.05) is 70.9 Å². The van der Waals surface area contributed by atoms with Crippen LogP contribution >= 0.6 is 24.0 Å². The number of carbonyl (C=O) groups excluding carboxylic acids is 1. The molecule has 0 spiro atoms. The maximum absolute atomic E-state index is 12.4. The summed E-state index contributed by atoms with van der Waals surface area (Å²) in [5, 5.41) is 3.30. The van der Waals surface area contributed by atoms with Gasteiger partial charge in [0.15, 0.2) is 5.96 Å². The number of pyridine rings is 1. The highest BCUT2D eigenvalue weighted by atomic mass is 127. The van der Waals surface area contributed by atoms with E-state index in [1.165, 1.54) is 0 Å². The highest BCUT2D eigenvalue weighted by Crippen LogP contribution is 2.16. The summed E-state index contributed by atoms with van der Waals surface area (Å²) in [7, 11) is 1.91. The second kappa shape index (κ2) is 14.4. The second-order valence-corrected chi connectivity index (χ2v) is 7.54. The number of aromatic nitrogens is 1. The Kier molecular flexibility index (Phi) is 12.8. The lowest BCUT2D eigenvalue weighted by Gasteiger charge is -2.34. The number of anilines is 1. The molecular formula is C22H40IN7O. The molecule has 0 radical (unpaired) electrons. The van der Waals surface area contributed by atoms with Gasteiger partial charge in [-0.3, -0.25) is 4.79 Å². The molecule has 8 nitrogen and oxygen atoms in total. The van der Waals surface area contributed by atoms with E-state index in [9.17, 15) is 4.79 Å². The molecule has 0 bridgehead atoms. The molecule has 1 saturated heterocycles. The molecule has 1 aromatic heterocycles. The Morgan fingerprint density at radius 2 is 1.84 bits per heavy atom. The molecule has 0 unspecified atom stereocenters. The largest absolute Gasteiger partial charge is 0.357 e. The molecule has 2 rings (SSSR count). The fourth-order valence-corrected chi connectivity index (χ4v) is 3.62. The van der Waals surface area contributed by atoms with Crippen molar-refractivity contribution < 1.29 is 4.79 Å². The third-order valence-electron chi connectivity index (χ3n) is 5.55. The summed E-state index contributed by atoms with van der Waals surface area (Å²) >= 11 is 0. The van der Waals surface area contributed by atoms with Crippen LogP contribution in [0.2, 0.25) is 0 Å². The van der Waals surface area contributed by atoms with Crippen LogP contribution in [0.25, 0.3) is 0 Å². The van der Waals surface area contributed by atoms with E-state index in [2.05, 4.69) is 33.1 Å². The molecule has 1 N–H and O–H groups in total. The Morgan fingerprint density at radius 3 is 2.42 bits per heavy atom. The maximum atomic E-state index is 12.4.